The Morgan fingerprint density at radius 1 is 1.06 bits per heavy atom. The number of rotatable bonds is 6. The summed E-state index contributed by atoms with van der Waals surface area (Å²) >= 11 is 15.4. The number of hydrogen-bond donors (Lipinski definition) is 0. The van der Waals surface area contributed by atoms with Crippen molar-refractivity contribution in [3.63, 3.8) is 0 Å². The number of hydrogen-bond acceptors (Lipinski definition) is 4. The maximum Gasteiger partial charge on any atom is 0.281 e. The third-order valence-corrected chi connectivity index (χ3v) is 6.70. The van der Waals surface area contributed by atoms with Crippen molar-refractivity contribution in [3.05, 3.63) is 93.0 Å². The van der Waals surface area contributed by atoms with Gasteiger partial charge in [0.25, 0.3) is 5.91 Å². The van der Waals surface area contributed by atoms with Gasteiger partial charge >= 0.3 is 0 Å². The molecule has 3 aromatic carbocycles. The second-order valence-corrected chi connectivity index (χ2v) is 8.88. The molecule has 0 spiro atoms. The highest BCUT2D eigenvalue weighted by Crippen LogP contribution is 2.37. The van der Waals surface area contributed by atoms with Gasteiger partial charge in [-0.3, -0.25) is 9.69 Å². The Morgan fingerprint density at radius 2 is 1.76 bits per heavy atom. The van der Waals surface area contributed by atoms with Gasteiger partial charge in [0, 0.05) is 22.1 Å². The summed E-state index contributed by atoms with van der Waals surface area (Å²) in [5.41, 5.74) is 2.81. The zero-order chi connectivity index (χ0) is 23.5. The Bertz CT molecular complexity index is 1250. The number of anilines is 1. The van der Waals surface area contributed by atoms with E-state index in [2.05, 4.69) is 15.9 Å². The van der Waals surface area contributed by atoms with Crippen LogP contribution >= 0.6 is 39.7 Å². The van der Waals surface area contributed by atoms with E-state index in [1.807, 2.05) is 66.7 Å². The van der Waals surface area contributed by atoms with Crippen molar-refractivity contribution in [2.45, 2.75) is 6.61 Å². The zero-order valence-electron chi connectivity index (χ0n) is 17.9. The molecule has 1 heterocycles. The van der Waals surface area contributed by atoms with E-state index < -0.39 is 0 Å². The summed E-state index contributed by atoms with van der Waals surface area (Å²) < 4.78 is 12.3. The summed E-state index contributed by atoms with van der Waals surface area (Å²) in [6, 6.07) is 20.5. The highest BCUT2D eigenvalue weighted by atomic mass is 79.9. The summed E-state index contributed by atoms with van der Waals surface area (Å²) in [4.78, 5) is 16.4. The number of para-hydroxylation sites is 1. The largest absolute Gasteiger partial charge is 0.493 e. The summed E-state index contributed by atoms with van der Waals surface area (Å²) in [5.74, 6) is 0.894. The van der Waals surface area contributed by atoms with Crippen LogP contribution in [0.2, 0.25) is 5.02 Å². The first kappa shape index (κ1) is 23.3. The van der Waals surface area contributed by atoms with Crippen LogP contribution in [0.1, 0.15) is 11.1 Å². The molecule has 8 heteroatoms. The van der Waals surface area contributed by atoms with E-state index in [0.717, 1.165) is 21.3 Å². The number of ether oxygens (including phenoxy) is 2. The van der Waals surface area contributed by atoms with Crippen LogP contribution in [0.25, 0.3) is 6.08 Å². The first-order chi connectivity index (χ1) is 15.9. The van der Waals surface area contributed by atoms with Gasteiger partial charge in [-0.1, -0.05) is 63.9 Å². The van der Waals surface area contributed by atoms with E-state index in [4.69, 9.17) is 33.3 Å². The first-order valence-corrected chi connectivity index (χ1v) is 11.6. The summed E-state index contributed by atoms with van der Waals surface area (Å²) in [7, 11) is 3.35. The van der Waals surface area contributed by atoms with Crippen molar-refractivity contribution in [1.29, 1.82) is 0 Å². The predicted molar refractivity (Wildman–Crippen MR) is 139 cm³/mol. The van der Waals surface area contributed by atoms with Crippen LogP contribution in [0.5, 0.6) is 11.5 Å². The first-order valence-electron chi connectivity index (χ1n) is 10.0. The van der Waals surface area contributed by atoms with Crippen LogP contribution in [0.4, 0.5) is 5.69 Å². The molecule has 1 fully saturated rings. The molecule has 0 radical (unpaired) electrons. The molecular weight excluding hydrogens is 524 g/mol. The molecule has 168 valence electrons. The fourth-order valence-corrected chi connectivity index (χ4v) is 4.33. The summed E-state index contributed by atoms with van der Waals surface area (Å²) in [6.07, 6.45) is 1.78. The second kappa shape index (κ2) is 9.95. The van der Waals surface area contributed by atoms with Gasteiger partial charge in [0.2, 0.25) is 0 Å². The molecule has 0 aromatic heterocycles. The maximum absolute atomic E-state index is 13.2. The third kappa shape index (κ3) is 4.76. The molecule has 3 aromatic rings. The van der Waals surface area contributed by atoms with E-state index >= 15 is 0 Å². The van der Waals surface area contributed by atoms with Crippen LogP contribution in [-0.2, 0) is 11.4 Å². The van der Waals surface area contributed by atoms with Crippen molar-refractivity contribution in [1.82, 2.24) is 4.90 Å². The number of likely N-dealkylation sites (N-methyl/N-ethyl adjacent to an activating group) is 1. The minimum atomic E-state index is -0.196. The number of carbonyl (C=O) groups excluding carboxylic acids is 1. The van der Waals surface area contributed by atoms with Gasteiger partial charge in [-0.25, -0.2) is 0 Å². The molecule has 5 nitrogen and oxygen atoms in total. The van der Waals surface area contributed by atoms with Crippen molar-refractivity contribution in [2.24, 2.45) is 0 Å². The normalized spacial score (nSPS) is 14.8. The Morgan fingerprint density at radius 3 is 2.45 bits per heavy atom. The van der Waals surface area contributed by atoms with Gasteiger partial charge in [-0.2, -0.15) is 0 Å². The van der Waals surface area contributed by atoms with E-state index in [0.29, 0.717) is 33.9 Å². The minimum absolute atomic E-state index is 0.196. The van der Waals surface area contributed by atoms with Crippen molar-refractivity contribution in [2.75, 3.05) is 19.1 Å². The topological polar surface area (TPSA) is 42.0 Å². The lowest BCUT2D eigenvalue weighted by Gasteiger charge is -2.16. The SMILES string of the molecule is COc1cc(/C=C2/C(=O)N(c3ccccc3)C(=S)N2C)c(Br)cc1OCc1ccccc1Cl. The molecule has 0 atom stereocenters. The fourth-order valence-electron chi connectivity index (χ4n) is 3.41. The number of methoxy groups -OCH3 is 1. The molecule has 0 aliphatic carbocycles. The Kier molecular flexibility index (Phi) is 7.02. The smallest absolute Gasteiger partial charge is 0.281 e. The van der Waals surface area contributed by atoms with Crippen molar-refractivity contribution >= 4 is 62.5 Å². The maximum atomic E-state index is 13.2. The summed E-state index contributed by atoms with van der Waals surface area (Å²) in [5, 5.41) is 1.05. The average molecular weight is 544 g/mol. The zero-order valence-corrected chi connectivity index (χ0v) is 21.1. The number of nitrogens with zero attached hydrogens (tertiary/aromatic N) is 2. The van der Waals surface area contributed by atoms with E-state index in [1.54, 1.807) is 25.1 Å². The van der Waals surface area contributed by atoms with Crippen molar-refractivity contribution < 1.29 is 14.3 Å². The highest BCUT2D eigenvalue weighted by Gasteiger charge is 2.36. The molecule has 1 saturated heterocycles. The summed E-state index contributed by atoms with van der Waals surface area (Å²) in [6.45, 7) is 0.296. The van der Waals surface area contributed by atoms with Gasteiger partial charge in [0.1, 0.15) is 12.3 Å². The van der Waals surface area contributed by atoms with Crippen LogP contribution in [-0.4, -0.2) is 30.1 Å². The van der Waals surface area contributed by atoms with E-state index in [9.17, 15) is 4.79 Å². The lowest BCUT2D eigenvalue weighted by atomic mass is 10.1. The molecule has 1 aliphatic rings. The molecular formula is C25H20BrClN2O3S. The van der Waals surface area contributed by atoms with Crippen molar-refractivity contribution in [3.8, 4) is 11.5 Å². The molecule has 1 amide bonds. The Balaban J connectivity index is 1.63. The quantitative estimate of drug-likeness (QED) is 0.270. The second-order valence-electron chi connectivity index (χ2n) is 7.25. The minimum Gasteiger partial charge on any atom is -0.493 e. The highest BCUT2D eigenvalue weighted by molar-refractivity contribution is 9.10. The third-order valence-electron chi connectivity index (χ3n) is 5.19. The van der Waals surface area contributed by atoms with Gasteiger partial charge in [0.15, 0.2) is 16.6 Å². The van der Waals surface area contributed by atoms with Crippen LogP contribution in [0.3, 0.4) is 0 Å². The standard InChI is InChI=1S/C25H20BrClN2O3S/c1-28-21(24(30)29(25(28)33)18-9-4-3-5-10-18)12-17-13-22(31-2)23(14-19(17)26)32-15-16-8-6-7-11-20(16)27/h3-14H,15H2,1-2H3/b21-12-. The van der Waals surface area contributed by atoms with E-state index in [-0.39, 0.29) is 5.91 Å². The predicted octanol–water partition coefficient (Wildman–Crippen LogP) is 6.29. The molecule has 1 aliphatic heterocycles. The lowest BCUT2D eigenvalue weighted by Crippen LogP contribution is -2.30. The monoisotopic (exact) mass is 542 g/mol. The van der Waals surface area contributed by atoms with Gasteiger partial charge in [-0.15, -0.1) is 0 Å². The van der Waals surface area contributed by atoms with Crippen LogP contribution in [0.15, 0.2) is 76.9 Å². The van der Waals surface area contributed by atoms with Gasteiger partial charge in [0.05, 0.1) is 12.8 Å². The number of carbonyl (C=O) groups is 1. The lowest BCUT2D eigenvalue weighted by molar-refractivity contribution is -0.114. The molecule has 0 saturated carbocycles. The molecule has 0 unspecified atom stereocenters. The van der Waals surface area contributed by atoms with Gasteiger partial charge in [-0.05, 0) is 54.2 Å². The van der Waals surface area contributed by atoms with Gasteiger partial charge < -0.3 is 14.4 Å². The number of halogens is 2. The molecule has 0 bridgehead atoms. The molecule has 4 rings (SSSR count). The van der Waals surface area contributed by atoms with Crippen LogP contribution < -0.4 is 14.4 Å². The van der Waals surface area contributed by atoms with Crippen LogP contribution in [0, 0.1) is 0 Å². The number of thiocarbonyl (C=S) groups is 1. The molecule has 0 N–H and O–H groups in total. The fraction of sp³-hybridized carbons (Fsp3) is 0.120. The Hall–Kier alpha value is -2.87. The average Bonchev–Trinajstić information content (AvgIpc) is 3.03. The van der Waals surface area contributed by atoms with E-state index in [1.165, 1.54) is 4.90 Å². The Labute approximate surface area is 211 Å². The molecule has 33 heavy (non-hydrogen) atoms. The number of benzene rings is 3. The number of amides is 1.